The van der Waals surface area contributed by atoms with E-state index in [9.17, 15) is 22.8 Å². The average molecular weight is 414 g/mol. The van der Waals surface area contributed by atoms with E-state index in [1.54, 1.807) is 0 Å². The Balaban J connectivity index is 2.30. The number of carboxylic acid groups (broad SMARTS) is 1. The van der Waals surface area contributed by atoms with Crippen LogP contribution in [0.3, 0.4) is 0 Å². The Hall–Kier alpha value is -1.59. The molecule has 6 nitrogen and oxygen atoms in total. The van der Waals surface area contributed by atoms with Crippen LogP contribution in [0.25, 0.3) is 6.08 Å². The maximum Gasteiger partial charge on any atom is 0.435 e. The topological polar surface area (TPSA) is 75.4 Å². The van der Waals surface area contributed by atoms with E-state index in [0.29, 0.717) is 0 Å². The van der Waals surface area contributed by atoms with Gasteiger partial charge in [-0.25, -0.2) is 0 Å². The van der Waals surface area contributed by atoms with Gasteiger partial charge in [-0.2, -0.15) is 18.3 Å². The van der Waals surface area contributed by atoms with Crippen LogP contribution < -0.4 is 0 Å². The second kappa shape index (κ2) is 7.34. The third-order valence-electron chi connectivity index (χ3n) is 3.20. The predicted molar refractivity (Wildman–Crippen MR) is 90.0 cm³/mol. The van der Waals surface area contributed by atoms with Crippen molar-refractivity contribution in [2.45, 2.75) is 19.0 Å². The van der Waals surface area contributed by atoms with E-state index in [1.165, 1.54) is 7.05 Å². The first-order valence-corrected chi connectivity index (χ1v) is 8.39. The zero-order chi connectivity index (χ0) is 18.9. The van der Waals surface area contributed by atoms with E-state index < -0.39 is 29.3 Å². The molecule has 0 saturated carbocycles. The number of thiocarbonyl (C=S) groups is 1. The fraction of sp³-hybridized carbons (Fsp3) is 0.385. The van der Waals surface area contributed by atoms with E-state index in [2.05, 4.69) is 5.10 Å². The molecule has 0 unspecified atom stereocenters. The molecule has 1 N–H and O–H groups in total. The molecule has 2 rings (SSSR count). The molecule has 2 heterocycles. The van der Waals surface area contributed by atoms with Crippen LogP contribution in [0.15, 0.2) is 4.91 Å². The third kappa shape index (κ3) is 4.33. The molecule has 136 valence electrons. The van der Waals surface area contributed by atoms with Gasteiger partial charge in [-0.3, -0.25) is 19.2 Å². The predicted octanol–water partition coefficient (Wildman–Crippen LogP) is 3.16. The normalized spacial score (nSPS) is 17.0. The molecule has 1 amide bonds. The molecule has 1 aromatic rings. The fourth-order valence-electron chi connectivity index (χ4n) is 2.07. The molecular weight excluding hydrogens is 403 g/mol. The highest BCUT2D eigenvalue weighted by Gasteiger charge is 2.39. The number of halogens is 4. The van der Waals surface area contributed by atoms with E-state index >= 15 is 0 Å². The summed E-state index contributed by atoms with van der Waals surface area (Å²) >= 11 is 11.7. The quantitative estimate of drug-likeness (QED) is 0.590. The smallest absolute Gasteiger partial charge is 0.435 e. The Morgan fingerprint density at radius 1 is 1.48 bits per heavy atom. The van der Waals surface area contributed by atoms with Gasteiger partial charge >= 0.3 is 12.1 Å². The molecule has 25 heavy (non-hydrogen) atoms. The van der Waals surface area contributed by atoms with Crippen molar-refractivity contribution in [3.63, 3.8) is 0 Å². The number of thioether (sulfide) groups is 1. The summed E-state index contributed by atoms with van der Waals surface area (Å²) < 4.78 is 40.2. The molecule has 1 fully saturated rings. The molecule has 1 aromatic heterocycles. The standard InChI is InChI=1S/C13H11ClF3N3O3S2/c1-19-10(14)6(9(18-19)13(15,16)17)5-7-11(23)20(12(24)25-7)4-2-3-8(21)22/h5H,2-4H2,1H3,(H,21,22). The highest BCUT2D eigenvalue weighted by molar-refractivity contribution is 8.26. The summed E-state index contributed by atoms with van der Waals surface area (Å²) in [5.74, 6) is -1.61. The number of alkyl halides is 3. The van der Waals surface area contributed by atoms with Gasteiger partial charge in [0.05, 0.1) is 4.91 Å². The van der Waals surface area contributed by atoms with Crippen molar-refractivity contribution in [2.24, 2.45) is 7.05 Å². The van der Waals surface area contributed by atoms with E-state index in [4.69, 9.17) is 28.9 Å². The Morgan fingerprint density at radius 2 is 2.12 bits per heavy atom. The number of amides is 1. The van der Waals surface area contributed by atoms with Crippen LogP contribution in [0.4, 0.5) is 13.2 Å². The van der Waals surface area contributed by atoms with Crippen molar-refractivity contribution in [1.29, 1.82) is 0 Å². The van der Waals surface area contributed by atoms with Gasteiger partial charge in [0, 0.05) is 25.6 Å². The SMILES string of the molecule is Cn1nc(C(F)(F)F)c(C=C2SC(=S)N(CCCC(=O)O)C2=O)c1Cl. The van der Waals surface area contributed by atoms with Crippen LogP contribution in [0.5, 0.6) is 0 Å². The van der Waals surface area contributed by atoms with Crippen LogP contribution >= 0.6 is 35.6 Å². The number of rotatable bonds is 5. The maximum atomic E-state index is 13.1. The van der Waals surface area contributed by atoms with Crippen molar-refractivity contribution >= 4 is 57.9 Å². The zero-order valence-corrected chi connectivity index (χ0v) is 15.0. The molecule has 0 bridgehead atoms. The minimum Gasteiger partial charge on any atom is -0.481 e. The molecule has 1 saturated heterocycles. The number of aromatic nitrogens is 2. The molecule has 1 aliphatic heterocycles. The summed E-state index contributed by atoms with van der Waals surface area (Å²) in [4.78, 5) is 24.0. The first-order chi connectivity index (χ1) is 11.5. The van der Waals surface area contributed by atoms with Gasteiger partial charge in [-0.05, 0) is 12.5 Å². The Bertz CT molecular complexity index is 777. The lowest BCUT2D eigenvalue weighted by Crippen LogP contribution is -2.29. The first-order valence-electron chi connectivity index (χ1n) is 6.79. The molecular formula is C13H11ClF3N3O3S2. The van der Waals surface area contributed by atoms with Crippen molar-refractivity contribution < 1.29 is 27.9 Å². The number of carbonyl (C=O) groups is 2. The number of aliphatic carboxylic acids is 1. The van der Waals surface area contributed by atoms with Crippen molar-refractivity contribution in [2.75, 3.05) is 6.54 Å². The summed E-state index contributed by atoms with van der Waals surface area (Å²) in [6.45, 7) is 0.0706. The summed E-state index contributed by atoms with van der Waals surface area (Å²) in [5.41, 5.74) is -1.61. The van der Waals surface area contributed by atoms with Gasteiger partial charge in [0.25, 0.3) is 5.91 Å². The monoisotopic (exact) mass is 413 g/mol. The number of carboxylic acids is 1. The molecule has 0 atom stereocenters. The highest BCUT2D eigenvalue weighted by atomic mass is 35.5. The Morgan fingerprint density at radius 3 is 2.68 bits per heavy atom. The van der Waals surface area contributed by atoms with Crippen LogP contribution in [0.1, 0.15) is 24.1 Å². The lowest BCUT2D eigenvalue weighted by atomic mass is 10.2. The van der Waals surface area contributed by atoms with E-state index in [0.717, 1.165) is 27.4 Å². The van der Waals surface area contributed by atoms with E-state index in [-0.39, 0.29) is 33.8 Å². The summed E-state index contributed by atoms with van der Waals surface area (Å²) in [6, 6.07) is 0. The van der Waals surface area contributed by atoms with Crippen molar-refractivity contribution in [1.82, 2.24) is 14.7 Å². The van der Waals surface area contributed by atoms with Crippen molar-refractivity contribution in [3.05, 3.63) is 21.3 Å². The van der Waals surface area contributed by atoms with Crippen molar-refractivity contribution in [3.8, 4) is 0 Å². The van der Waals surface area contributed by atoms with Gasteiger partial charge in [0.15, 0.2) is 5.69 Å². The van der Waals surface area contributed by atoms with Crippen LogP contribution in [0.2, 0.25) is 5.15 Å². The number of nitrogens with zero attached hydrogens (tertiary/aromatic N) is 3. The molecule has 0 spiro atoms. The van der Waals surface area contributed by atoms with Crippen LogP contribution in [0, 0.1) is 0 Å². The van der Waals surface area contributed by atoms with Crippen LogP contribution in [-0.2, 0) is 22.8 Å². The summed E-state index contributed by atoms with van der Waals surface area (Å²) in [6.07, 6.45) is -3.70. The second-order valence-corrected chi connectivity index (χ2v) is 7.04. The lowest BCUT2D eigenvalue weighted by molar-refractivity contribution is -0.141. The zero-order valence-electron chi connectivity index (χ0n) is 12.6. The largest absolute Gasteiger partial charge is 0.481 e. The number of hydrogen-bond acceptors (Lipinski definition) is 5. The van der Waals surface area contributed by atoms with Gasteiger partial charge < -0.3 is 5.11 Å². The maximum absolute atomic E-state index is 13.1. The third-order valence-corrected chi connectivity index (χ3v) is 5.03. The Labute approximate surface area is 154 Å². The second-order valence-electron chi connectivity index (χ2n) is 5.01. The molecule has 0 radical (unpaired) electrons. The molecule has 12 heteroatoms. The summed E-state index contributed by atoms with van der Waals surface area (Å²) in [5, 5.41) is 11.7. The average Bonchev–Trinajstić information content (AvgIpc) is 2.91. The Kier molecular flexibility index (Phi) is 5.79. The first kappa shape index (κ1) is 19.7. The molecule has 0 aliphatic carbocycles. The lowest BCUT2D eigenvalue weighted by Gasteiger charge is -2.13. The summed E-state index contributed by atoms with van der Waals surface area (Å²) in [7, 11) is 1.26. The minimum atomic E-state index is -4.73. The van der Waals surface area contributed by atoms with Gasteiger partial charge in [0.2, 0.25) is 0 Å². The van der Waals surface area contributed by atoms with Gasteiger partial charge in [-0.1, -0.05) is 35.6 Å². The molecule has 0 aromatic carbocycles. The number of aryl methyl sites for hydroxylation is 1. The van der Waals surface area contributed by atoms with Gasteiger partial charge in [-0.15, -0.1) is 0 Å². The van der Waals surface area contributed by atoms with Crippen LogP contribution in [-0.4, -0.2) is 42.5 Å². The molecule has 1 aliphatic rings. The minimum absolute atomic E-state index is 0.0271. The van der Waals surface area contributed by atoms with Gasteiger partial charge in [0.1, 0.15) is 9.47 Å². The van der Waals surface area contributed by atoms with E-state index in [1.807, 2.05) is 0 Å². The number of carbonyl (C=O) groups excluding carboxylic acids is 1. The number of hydrogen-bond donors (Lipinski definition) is 1. The highest BCUT2D eigenvalue weighted by Crippen LogP contribution is 2.39. The fourth-order valence-corrected chi connectivity index (χ4v) is 3.54.